The molecule has 16 heavy (non-hydrogen) atoms. The van der Waals surface area contributed by atoms with Crippen molar-refractivity contribution in [2.45, 2.75) is 6.92 Å². The van der Waals surface area contributed by atoms with Crippen LogP contribution in [0, 0.1) is 6.92 Å². The number of furan rings is 1. The summed E-state index contributed by atoms with van der Waals surface area (Å²) in [5.41, 5.74) is 0.909. The molecular formula is C14H11NO. The molecule has 0 spiro atoms. The maximum Gasteiger partial charge on any atom is 0.153 e. The van der Waals surface area contributed by atoms with Crippen LogP contribution in [0.3, 0.4) is 0 Å². The van der Waals surface area contributed by atoms with E-state index in [0.29, 0.717) is 0 Å². The average molecular weight is 209 g/mol. The summed E-state index contributed by atoms with van der Waals surface area (Å²) in [6.07, 6.45) is 1.82. The Balaban J connectivity index is 2.31. The van der Waals surface area contributed by atoms with E-state index < -0.39 is 0 Å². The Bertz CT molecular complexity index is 635. The van der Waals surface area contributed by atoms with Crippen molar-refractivity contribution in [3.63, 3.8) is 0 Å². The van der Waals surface area contributed by atoms with Gasteiger partial charge in [-0.2, -0.15) is 0 Å². The monoisotopic (exact) mass is 209 g/mol. The number of rotatable bonds is 1. The van der Waals surface area contributed by atoms with Crippen LogP contribution in [0.25, 0.3) is 22.2 Å². The molecule has 0 aliphatic heterocycles. The predicted molar refractivity (Wildman–Crippen MR) is 64.2 cm³/mol. The smallest absolute Gasteiger partial charge is 0.153 e. The molecule has 1 aromatic carbocycles. The van der Waals surface area contributed by atoms with Crippen LogP contribution in [0.4, 0.5) is 0 Å². The third kappa shape index (κ3) is 1.39. The van der Waals surface area contributed by atoms with Gasteiger partial charge in [-0.3, -0.25) is 4.98 Å². The summed E-state index contributed by atoms with van der Waals surface area (Å²) in [5.74, 6) is 1.74. The zero-order valence-corrected chi connectivity index (χ0v) is 8.97. The standard InChI is InChI=1S/C14H11NO/c1-10-6-7-13(16-10)14-12-5-3-2-4-11(12)8-9-15-14/h2-9H,1H3. The lowest BCUT2D eigenvalue weighted by atomic mass is 10.1. The van der Waals surface area contributed by atoms with Crippen LogP contribution in [-0.2, 0) is 0 Å². The molecule has 0 atom stereocenters. The van der Waals surface area contributed by atoms with E-state index in [2.05, 4.69) is 17.1 Å². The van der Waals surface area contributed by atoms with Crippen LogP contribution in [0.2, 0.25) is 0 Å². The Kier molecular flexibility index (Phi) is 2.00. The molecule has 0 fully saturated rings. The van der Waals surface area contributed by atoms with E-state index in [9.17, 15) is 0 Å². The number of benzene rings is 1. The lowest BCUT2D eigenvalue weighted by Crippen LogP contribution is -1.83. The second-order valence-electron chi connectivity index (χ2n) is 3.79. The summed E-state index contributed by atoms with van der Waals surface area (Å²) in [7, 11) is 0. The summed E-state index contributed by atoms with van der Waals surface area (Å²) in [5, 5.41) is 2.31. The Morgan fingerprint density at radius 2 is 1.88 bits per heavy atom. The third-order valence-corrected chi connectivity index (χ3v) is 2.65. The van der Waals surface area contributed by atoms with Crippen molar-refractivity contribution in [1.29, 1.82) is 0 Å². The quantitative estimate of drug-likeness (QED) is 0.609. The Labute approximate surface area is 93.5 Å². The molecule has 0 unspecified atom stereocenters. The molecule has 78 valence electrons. The van der Waals surface area contributed by atoms with E-state index in [0.717, 1.165) is 22.6 Å². The molecule has 0 amide bonds. The topological polar surface area (TPSA) is 26.0 Å². The van der Waals surface area contributed by atoms with Crippen LogP contribution in [0.1, 0.15) is 5.76 Å². The number of hydrogen-bond acceptors (Lipinski definition) is 2. The Morgan fingerprint density at radius 1 is 1.00 bits per heavy atom. The van der Waals surface area contributed by atoms with Gasteiger partial charge in [-0.1, -0.05) is 24.3 Å². The van der Waals surface area contributed by atoms with Crippen molar-refractivity contribution in [3.05, 3.63) is 54.4 Å². The van der Waals surface area contributed by atoms with Gasteiger partial charge in [-0.25, -0.2) is 0 Å². The number of hydrogen-bond donors (Lipinski definition) is 0. The molecule has 0 bridgehead atoms. The van der Waals surface area contributed by atoms with Gasteiger partial charge >= 0.3 is 0 Å². The number of fused-ring (bicyclic) bond motifs is 1. The summed E-state index contributed by atoms with van der Waals surface area (Å²) >= 11 is 0. The highest BCUT2D eigenvalue weighted by atomic mass is 16.3. The van der Waals surface area contributed by atoms with Crippen LogP contribution >= 0.6 is 0 Å². The second kappa shape index (κ2) is 3.49. The maximum absolute atomic E-state index is 5.62. The number of pyridine rings is 1. The molecule has 2 aromatic heterocycles. The van der Waals surface area contributed by atoms with Crippen LogP contribution < -0.4 is 0 Å². The van der Waals surface area contributed by atoms with Crippen molar-refractivity contribution < 1.29 is 4.42 Å². The molecule has 0 aliphatic rings. The van der Waals surface area contributed by atoms with Crippen LogP contribution in [0.5, 0.6) is 0 Å². The molecular weight excluding hydrogens is 198 g/mol. The van der Waals surface area contributed by atoms with E-state index in [1.54, 1.807) is 0 Å². The van der Waals surface area contributed by atoms with Gasteiger partial charge in [0.25, 0.3) is 0 Å². The van der Waals surface area contributed by atoms with Gasteiger partial charge in [-0.05, 0) is 30.5 Å². The molecule has 0 radical (unpaired) electrons. The summed E-state index contributed by atoms with van der Waals surface area (Å²) in [6, 6.07) is 14.1. The molecule has 0 saturated heterocycles. The van der Waals surface area contributed by atoms with Gasteiger partial charge in [0.2, 0.25) is 0 Å². The van der Waals surface area contributed by atoms with Gasteiger partial charge in [0.1, 0.15) is 11.5 Å². The Morgan fingerprint density at radius 3 is 2.69 bits per heavy atom. The highest BCUT2D eigenvalue weighted by Crippen LogP contribution is 2.27. The lowest BCUT2D eigenvalue weighted by Gasteiger charge is -2.02. The predicted octanol–water partition coefficient (Wildman–Crippen LogP) is 3.80. The summed E-state index contributed by atoms with van der Waals surface area (Å²) in [6.45, 7) is 1.94. The number of aromatic nitrogens is 1. The SMILES string of the molecule is Cc1ccc(-c2nccc3ccccc23)o1. The van der Waals surface area contributed by atoms with E-state index in [4.69, 9.17) is 4.42 Å². The third-order valence-electron chi connectivity index (χ3n) is 2.65. The molecule has 0 saturated carbocycles. The molecule has 2 heteroatoms. The minimum Gasteiger partial charge on any atom is -0.460 e. The maximum atomic E-state index is 5.62. The van der Waals surface area contributed by atoms with Gasteiger partial charge in [-0.15, -0.1) is 0 Å². The first kappa shape index (κ1) is 9.16. The molecule has 0 N–H and O–H groups in total. The fourth-order valence-corrected chi connectivity index (χ4v) is 1.88. The van der Waals surface area contributed by atoms with Gasteiger partial charge < -0.3 is 4.42 Å². The Hall–Kier alpha value is -2.09. The van der Waals surface area contributed by atoms with Crippen molar-refractivity contribution in [2.75, 3.05) is 0 Å². The van der Waals surface area contributed by atoms with Crippen molar-refractivity contribution >= 4 is 10.8 Å². The minimum atomic E-state index is 0.828. The highest BCUT2D eigenvalue weighted by molar-refractivity contribution is 5.93. The van der Waals surface area contributed by atoms with E-state index in [1.165, 1.54) is 5.39 Å². The molecule has 2 heterocycles. The highest BCUT2D eigenvalue weighted by Gasteiger charge is 2.07. The summed E-state index contributed by atoms with van der Waals surface area (Å²) in [4.78, 5) is 4.40. The minimum absolute atomic E-state index is 0.828. The van der Waals surface area contributed by atoms with Crippen molar-refractivity contribution in [3.8, 4) is 11.5 Å². The molecule has 3 rings (SSSR count). The largest absolute Gasteiger partial charge is 0.460 e. The fraction of sp³-hybridized carbons (Fsp3) is 0.0714. The average Bonchev–Trinajstić information content (AvgIpc) is 2.75. The van der Waals surface area contributed by atoms with E-state index in [1.807, 2.05) is 43.5 Å². The van der Waals surface area contributed by atoms with E-state index in [-0.39, 0.29) is 0 Å². The molecule has 0 aliphatic carbocycles. The number of nitrogens with zero attached hydrogens (tertiary/aromatic N) is 1. The van der Waals surface area contributed by atoms with Gasteiger partial charge in [0.15, 0.2) is 5.76 Å². The molecule has 2 nitrogen and oxygen atoms in total. The second-order valence-corrected chi connectivity index (χ2v) is 3.79. The van der Waals surface area contributed by atoms with E-state index >= 15 is 0 Å². The first-order chi connectivity index (χ1) is 7.84. The van der Waals surface area contributed by atoms with Crippen molar-refractivity contribution in [2.24, 2.45) is 0 Å². The van der Waals surface area contributed by atoms with Gasteiger partial charge in [0.05, 0.1) is 0 Å². The first-order valence-electron chi connectivity index (χ1n) is 5.25. The molecule has 3 aromatic rings. The van der Waals surface area contributed by atoms with Gasteiger partial charge in [0, 0.05) is 11.6 Å². The zero-order valence-electron chi connectivity index (χ0n) is 8.97. The number of aryl methyl sites for hydroxylation is 1. The lowest BCUT2D eigenvalue weighted by molar-refractivity contribution is 0.547. The van der Waals surface area contributed by atoms with Crippen LogP contribution in [-0.4, -0.2) is 4.98 Å². The first-order valence-corrected chi connectivity index (χ1v) is 5.25. The normalized spacial score (nSPS) is 10.8. The summed E-state index contributed by atoms with van der Waals surface area (Å²) < 4.78 is 5.62. The zero-order chi connectivity index (χ0) is 11.0. The fourth-order valence-electron chi connectivity index (χ4n) is 1.88. The van der Waals surface area contributed by atoms with Crippen LogP contribution in [0.15, 0.2) is 53.1 Å². The van der Waals surface area contributed by atoms with Crippen molar-refractivity contribution in [1.82, 2.24) is 4.98 Å².